The van der Waals surface area contributed by atoms with Crippen LogP contribution in [0.3, 0.4) is 0 Å². The first-order valence-corrected chi connectivity index (χ1v) is 10.8. The number of rotatable bonds is 6. The molecule has 3 aromatic rings. The summed E-state index contributed by atoms with van der Waals surface area (Å²) in [7, 11) is 0. The van der Waals surface area contributed by atoms with E-state index in [-0.39, 0.29) is 11.8 Å². The second kappa shape index (κ2) is 8.50. The third kappa shape index (κ3) is 4.18. The molecule has 9 heteroatoms. The van der Waals surface area contributed by atoms with Gasteiger partial charge in [0.2, 0.25) is 5.95 Å². The van der Waals surface area contributed by atoms with Crippen LogP contribution < -0.4 is 10.1 Å². The normalized spacial score (nSPS) is 18.5. The number of piperidine rings is 1. The zero-order valence-electron chi connectivity index (χ0n) is 17.7. The quantitative estimate of drug-likeness (QED) is 0.625. The first-order valence-electron chi connectivity index (χ1n) is 10.8. The molecule has 1 saturated heterocycles. The molecule has 1 aromatic carbocycles. The van der Waals surface area contributed by atoms with E-state index < -0.39 is 0 Å². The highest BCUT2D eigenvalue weighted by Gasteiger charge is 2.23. The van der Waals surface area contributed by atoms with E-state index in [4.69, 9.17) is 4.74 Å². The maximum Gasteiger partial charge on any atom is 0.243 e. The molecule has 9 nitrogen and oxygen atoms in total. The third-order valence-electron chi connectivity index (χ3n) is 6.01. The number of nitrogens with zero attached hydrogens (tertiary/aromatic N) is 6. The van der Waals surface area contributed by atoms with Crippen molar-refractivity contribution < 1.29 is 9.84 Å². The zero-order chi connectivity index (χ0) is 21.2. The van der Waals surface area contributed by atoms with Crippen molar-refractivity contribution >= 4 is 5.95 Å². The lowest BCUT2D eigenvalue weighted by atomic mass is 10.0. The van der Waals surface area contributed by atoms with Crippen molar-refractivity contribution in [2.24, 2.45) is 0 Å². The van der Waals surface area contributed by atoms with Crippen LogP contribution in [0.25, 0.3) is 11.3 Å². The number of fused-ring (bicyclic) bond motifs is 1. The molecule has 2 aliphatic rings. The molecule has 2 N–H and O–H groups in total. The number of phenolic OH excluding ortho intramolecular Hbond substituents is 1. The van der Waals surface area contributed by atoms with Gasteiger partial charge in [0.25, 0.3) is 0 Å². The molecule has 1 fully saturated rings. The molecule has 31 heavy (non-hydrogen) atoms. The molecule has 0 aliphatic carbocycles. The lowest BCUT2D eigenvalue weighted by Gasteiger charge is -2.33. The fraction of sp³-hybridized carbons (Fsp3) is 0.455. The Morgan fingerprint density at radius 1 is 1.26 bits per heavy atom. The van der Waals surface area contributed by atoms with Gasteiger partial charge in [-0.1, -0.05) is 0 Å². The molecule has 0 unspecified atom stereocenters. The van der Waals surface area contributed by atoms with Crippen LogP contribution in [0.5, 0.6) is 11.5 Å². The van der Waals surface area contributed by atoms with E-state index in [9.17, 15) is 5.11 Å². The lowest BCUT2D eigenvalue weighted by Crippen LogP contribution is -2.43. The summed E-state index contributed by atoms with van der Waals surface area (Å²) in [5, 5.41) is 27.1. The Balaban J connectivity index is 1.25. The number of anilines is 1. The minimum atomic E-state index is 0.218. The highest BCUT2D eigenvalue weighted by molar-refractivity contribution is 5.72. The van der Waals surface area contributed by atoms with Gasteiger partial charge < -0.3 is 15.2 Å². The topological polar surface area (TPSA) is 101 Å². The third-order valence-corrected chi connectivity index (χ3v) is 6.01. The van der Waals surface area contributed by atoms with Crippen LogP contribution in [0.4, 0.5) is 5.95 Å². The Kier molecular flexibility index (Phi) is 5.42. The molecule has 0 amide bonds. The number of nitrogens with one attached hydrogen (secondary N) is 1. The van der Waals surface area contributed by atoms with Gasteiger partial charge in [-0.2, -0.15) is 5.10 Å². The Hall–Kier alpha value is -3.20. The molecule has 1 atom stereocenters. The average molecular weight is 422 g/mol. The van der Waals surface area contributed by atoms with E-state index in [0.29, 0.717) is 30.2 Å². The Morgan fingerprint density at radius 2 is 2.19 bits per heavy atom. The molecule has 0 saturated carbocycles. The smallest absolute Gasteiger partial charge is 0.243 e. The van der Waals surface area contributed by atoms with E-state index in [1.54, 1.807) is 0 Å². The summed E-state index contributed by atoms with van der Waals surface area (Å²) in [6, 6.07) is 5.94. The van der Waals surface area contributed by atoms with Crippen LogP contribution in [0, 0.1) is 6.92 Å². The number of hydrogen-bond donors (Lipinski definition) is 2. The maximum absolute atomic E-state index is 10.7. The minimum Gasteiger partial charge on any atom is -0.507 e. The molecule has 2 aromatic heterocycles. The summed E-state index contributed by atoms with van der Waals surface area (Å²) >= 11 is 0. The molecule has 2 aliphatic heterocycles. The summed E-state index contributed by atoms with van der Waals surface area (Å²) in [5.41, 5.74) is 2.81. The number of aryl methyl sites for hydroxylation is 1. The van der Waals surface area contributed by atoms with Gasteiger partial charge in [-0.05, 0) is 44.5 Å². The second-order valence-electron chi connectivity index (χ2n) is 8.16. The molecular formula is C22H27N7O2. The van der Waals surface area contributed by atoms with Crippen molar-refractivity contribution in [3.8, 4) is 22.8 Å². The summed E-state index contributed by atoms with van der Waals surface area (Å²) in [6.07, 6.45) is 6.72. The van der Waals surface area contributed by atoms with Crippen LogP contribution in [0.1, 0.15) is 24.1 Å². The van der Waals surface area contributed by atoms with Gasteiger partial charge in [-0.3, -0.25) is 9.58 Å². The SMILES string of the molecule is Cc1nc(N[C@@H]2CCCN(CCn3cccn3)C2)nnc1-c1ccc2c(c1O)CCO2. The van der Waals surface area contributed by atoms with Crippen molar-refractivity contribution in [3.63, 3.8) is 0 Å². The predicted octanol–water partition coefficient (Wildman–Crippen LogP) is 2.26. The van der Waals surface area contributed by atoms with Gasteiger partial charge in [0.1, 0.15) is 17.2 Å². The minimum absolute atomic E-state index is 0.218. The van der Waals surface area contributed by atoms with Crippen molar-refractivity contribution in [1.29, 1.82) is 0 Å². The number of hydrogen-bond acceptors (Lipinski definition) is 8. The van der Waals surface area contributed by atoms with E-state index in [2.05, 4.69) is 30.5 Å². The molecule has 0 radical (unpaired) electrons. The van der Waals surface area contributed by atoms with E-state index >= 15 is 0 Å². The van der Waals surface area contributed by atoms with Crippen LogP contribution in [0.15, 0.2) is 30.6 Å². The van der Waals surface area contributed by atoms with Crippen molar-refractivity contribution in [3.05, 3.63) is 41.9 Å². The largest absolute Gasteiger partial charge is 0.507 e. The standard InChI is InChI=1S/C22H27N7O2/c1-15-20(18-5-6-19-17(21(18)30)7-13-31-19)26-27-22(24-15)25-16-4-2-9-28(14-16)11-12-29-10-3-8-23-29/h3,5-6,8,10,16,30H,2,4,7,9,11-14H2,1H3,(H,24,25,27)/t16-/m1/s1. The number of ether oxygens (including phenoxy) is 1. The summed E-state index contributed by atoms with van der Waals surface area (Å²) in [4.78, 5) is 7.08. The van der Waals surface area contributed by atoms with Crippen LogP contribution in [-0.2, 0) is 13.0 Å². The molecule has 162 valence electrons. The number of aromatic hydroxyl groups is 1. The van der Waals surface area contributed by atoms with Gasteiger partial charge in [-0.15, -0.1) is 10.2 Å². The van der Waals surface area contributed by atoms with Crippen LogP contribution >= 0.6 is 0 Å². The van der Waals surface area contributed by atoms with Gasteiger partial charge >= 0.3 is 0 Å². The van der Waals surface area contributed by atoms with Crippen LogP contribution in [-0.4, -0.2) is 67.3 Å². The number of benzene rings is 1. The lowest BCUT2D eigenvalue weighted by molar-refractivity contribution is 0.206. The highest BCUT2D eigenvalue weighted by Crippen LogP contribution is 2.40. The molecule has 5 rings (SSSR count). The maximum atomic E-state index is 10.7. The monoisotopic (exact) mass is 421 g/mol. The summed E-state index contributed by atoms with van der Waals surface area (Å²) < 4.78 is 7.49. The predicted molar refractivity (Wildman–Crippen MR) is 116 cm³/mol. The fourth-order valence-corrected chi connectivity index (χ4v) is 4.40. The average Bonchev–Trinajstić information content (AvgIpc) is 3.46. The second-order valence-corrected chi connectivity index (χ2v) is 8.16. The molecule has 4 heterocycles. The van der Waals surface area contributed by atoms with E-state index in [0.717, 1.165) is 56.0 Å². The van der Waals surface area contributed by atoms with Crippen molar-refractivity contribution in [2.75, 3.05) is 31.6 Å². The summed E-state index contributed by atoms with van der Waals surface area (Å²) in [5.74, 6) is 1.49. The zero-order valence-corrected chi connectivity index (χ0v) is 17.7. The number of phenols is 1. The molecular weight excluding hydrogens is 394 g/mol. The van der Waals surface area contributed by atoms with Crippen molar-refractivity contribution in [1.82, 2.24) is 29.9 Å². The van der Waals surface area contributed by atoms with E-state index in [1.165, 1.54) is 0 Å². The van der Waals surface area contributed by atoms with Crippen LogP contribution in [0.2, 0.25) is 0 Å². The molecule has 0 bridgehead atoms. The first kappa shape index (κ1) is 19.7. The van der Waals surface area contributed by atoms with Gasteiger partial charge in [0, 0.05) is 49.1 Å². The first-order chi connectivity index (χ1) is 15.2. The van der Waals surface area contributed by atoms with E-state index in [1.807, 2.05) is 42.2 Å². The Labute approximate surface area is 181 Å². The number of aromatic nitrogens is 5. The van der Waals surface area contributed by atoms with Gasteiger partial charge in [-0.25, -0.2) is 4.98 Å². The highest BCUT2D eigenvalue weighted by atomic mass is 16.5. The molecule has 0 spiro atoms. The Morgan fingerprint density at radius 3 is 3.03 bits per heavy atom. The summed E-state index contributed by atoms with van der Waals surface area (Å²) in [6.45, 7) is 6.39. The Bertz CT molecular complexity index is 1050. The number of likely N-dealkylation sites (tertiary alicyclic amines) is 1. The van der Waals surface area contributed by atoms with Crippen molar-refractivity contribution in [2.45, 2.75) is 38.8 Å². The van der Waals surface area contributed by atoms with Gasteiger partial charge in [0.05, 0.1) is 18.8 Å². The fourth-order valence-electron chi connectivity index (χ4n) is 4.40. The van der Waals surface area contributed by atoms with Gasteiger partial charge in [0.15, 0.2) is 0 Å².